The minimum atomic E-state index is -0.375. The van der Waals surface area contributed by atoms with Gasteiger partial charge in [0.2, 0.25) is 0 Å². The molecule has 3 aromatic rings. The van der Waals surface area contributed by atoms with Gasteiger partial charge in [-0.3, -0.25) is 10.2 Å². The van der Waals surface area contributed by atoms with E-state index >= 15 is 0 Å². The van der Waals surface area contributed by atoms with Crippen molar-refractivity contribution in [1.82, 2.24) is 4.98 Å². The molecule has 2 aromatic carbocycles. The van der Waals surface area contributed by atoms with Gasteiger partial charge in [0.25, 0.3) is 5.91 Å². The summed E-state index contributed by atoms with van der Waals surface area (Å²) in [4.78, 5) is 16.5. The van der Waals surface area contributed by atoms with Gasteiger partial charge in [-0.15, -0.1) is 0 Å². The predicted octanol–water partition coefficient (Wildman–Crippen LogP) is 3.28. The van der Waals surface area contributed by atoms with Crippen LogP contribution >= 0.6 is 11.3 Å². The first-order chi connectivity index (χ1) is 10.6. The zero-order valence-electron chi connectivity index (χ0n) is 11.7. The number of nitrogens with zero attached hydrogens (tertiary/aromatic N) is 1. The SMILES string of the molecule is Cc1cc(NC(=O)c2ccc(F)cc2)cc2sc(NN)nc12. The highest BCUT2D eigenvalue weighted by Crippen LogP contribution is 2.30. The van der Waals surface area contributed by atoms with Crippen molar-refractivity contribution in [2.24, 2.45) is 5.84 Å². The molecule has 0 aliphatic carbocycles. The van der Waals surface area contributed by atoms with Gasteiger partial charge in [-0.2, -0.15) is 0 Å². The summed E-state index contributed by atoms with van der Waals surface area (Å²) in [7, 11) is 0. The van der Waals surface area contributed by atoms with E-state index < -0.39 is 0 Å². The number of carbonyl (C=O) groups is 1. The average Bonchev–Trinajstić information content (AvgIpc) is 2.91. The summed E-state index contributed by atoms with van der Waals surface area (Å²) in [6.07, 6.45) is 0. The van der Waals surface area contributed by atoms with Crippen LogP contribution in [0.2, 0.25) is 0 Å². The Labute approximate surface area is 129 Å². The molecule has 0 fully saturated rings. The normalized spacial score (nSPS) is 10.7. The highest BCUT2D eigenvalue weighted by molar-refractivity contribution is 7.22. The lowest BCUT2D eigenvalue weighted by Crippen LogP contribution is -2.11. The third-order valence-electron chi connectivity index (χ3n) is 3.17. The van der Waals surface area contributed by atoms with Crippen molar-refractivity contribution in [1.29, 1.82) is 0 Å². The number of fused-ring (bicyclic) bond motifs is 1. The quantitative estimate of drug-likeness (QED) is 0.512. The van der Waals surface area contributed by atoms with Crippen LogP contribution in [0.25, 0.3) is 10.2 Å². The van der Waals surface area contributed by atoms with Crippen LogP contribution < -0.4 is 16.6 Å². The molecule has 5 nitrogen and oxygen atoms in total. The number of halogens is 1. The number of aromatic nitrogens is 1. The Morgan fingerprint density at radius 3 is 2.68 bits per heavy atom. The summed E-state index contributed by atoms with van der Waals surface area (Å²) < 4.78 is 13.8. The van der Waals surface area contributed by atoms with Crippen LogP contribution in [0, 0.1) is 12.7 Å². The van der Waals surface area contributed by atoms with Crippen molar-refractivity contribution in [2.45, 2.75) is 6.92 Å². The van der Waals surface area contributed by atoms with Crippen LogP contribution in [0.5, 0.6) is 0 Å². The third kappa shape index (κ3) is 2.76. The zero-order chi connectivity index (χ0) is 15.7. The van der Waals surface area contributed by atoms with Gasteiger partial charge < -0.3 is 5.32 Å². The number of amides is 1. The summed E-state index contributed by atoms with van der Waals surface area (Å²) in [5, 5.41) is 3.41. The second kappa shape index (κ2) is 5.70. The lowest BCUT2D eigenvalue weighted by Gasteiger charge is -2.06. The van der Waals surface area contributed by atoms with Crippen LogP contribution in [0.15, 0.2) is 36.4 Å². The summed E-state index contributed by atoms with van der Waals surface area (Å²) in [6, 6.07) is 9.07. The molecule has 0 saturated heterocycles. The Hall–Kier alpha value is -2.51. The van der Waals surface area contributed by atoms with E-state index in [1.54, 1.807) is 0 Å². The Morgan fingerprint density at radius 2 is 2.00 bits per heavy atom. The van der Waals surface area contributed by atoms with Crippen LogP contribution in [0.3, 0.4) is 0 Å². The van der Waals surface area contributed by atoms with Crippen molar-refractivity contribution in [3.05, 3.63) is 53.3 Å². The lowest BCUT2D eigenvalue weighted by molar-refractivity contribution is 0.102. The summed E-state index contributed by atoms with van der Waals surface area (Å²) in [6.45, 7) is 1.91. The number of nitrogen functional groups attached to an aromatic ring is 1. The summed E-state index contributed by atoms with van der Waals surface area (Å²) in [5.41, 5.74) is 5.35. The summed E-state index contributed by atoms with van der Waals surface area (Å²) >= 11 is 1.40. The molecule has 1 heterocycles. The second-order valence-corrected chi connectivity index (χ2v) is 5.79. The molecule has 0 radical (unpaired) electrons. The Balaban J connectivity index is 1.90. The van der Waals surface area contributed by atoms with E-state index in [2.05, 4.69) is 15.7 Å². The number of aryl methyl sites for hydroxylation is 1. The maximum absolute atomic E-state index is 12.9. The van der Waals surface area contributed by atoms with Crippen molar-refractivity contribution in [3.63, 3.8) is 0 Å². The van der Waals surface area contributed by atoms with Crippen LogP contribution in [0.4, 0.5) is 15.2 Å². The Bertz CT molecular complexity index is 845. The van der Waals surface area contributed by atoms with Crippen molar-refractivity contribution in [3.8, 4) is 0 Å². The monoisotopic (exact) mass is 316 g/mol. The molecule has 22 heavy (non-hydrogen) atoms. The van der Waals surface area contributed by atoms with Gasteiger partial charge in [0.05, 0.1) is 10.2 Å². The van der Waals surface area contributed by atoms with Gasteiger partial charge in [0.1, 0.15) is 5.82 Å². The molecule has 3 rings (SSSR count). The van der Waals surface area contributed by atoms with E-state index in [-0.39, 0.29) is 11.7 Å². The van der Waals surface area contributed by atoms with Gasteiger partial charge in [-0.1, -0.05) is 11.3 Å². The number of thiazole rings is 1. The second-order valence-electron chi connectivity index (χ2n) is 4.76. The van der Waals surface area contributed by atoms with E-state index in [4.69, 9.17) is 5.84 Å². The van der Waals surface area contributed by atoms with Gasteiger partial charge in [0, 0.05) is 11.3 Å². The minimum absolute atomic E-state index is 0.291. The van der Waals surface area contributed by atoms with Crippen LogP contribution in [0.1, 0.15) is 15.9 Å². The van der Waals surface area contributed by atoms with E-state index in [9.17, 15) is 9.18 Å². The summed E-state index contributed by atoms with van der Waals surface area (Å²) in [5.74, 6) is 4.70. The van der Waals surface area contributed by atoms with Crippen LogP contribution in [-0.2, 0) is 0 Å². The van der Waals surface area contributed by atoms with Crippen molar-refractivity contribution < 1.29 is 9.18 Å². The largest absolute Gasteiger partial charge is 0.322 e. The van der Waals surface area contributed by atoms with Gasteiger partial charge in [-0.05, 0) is 48.9 Å². The molecular weight excluding hydrogens is 303 g/mol. The van der Waals surface area contributed by atoms with Crippen molar-refractivity contribution in [2.75, 3.05) is 10.7 Å². The lowest BCUT2D eigenvalue weighted by atomic mass is 10.1. The fourth-order valence-corrected chi connectivity index (χ4v) is 3.03. The first-order valence-corrected chi connectivity index (χ1v) is 7.33. The Kier molecular flexibility index (Phi) is 3.74. The third-order valence-corrected chi connectivity index (χ3v) is 4.11. The average molecular weight is 316 g/mol. The van der Waals surface area contributed by atoms with Gasteiger partial charge >= 0.3 is 0 Å². The van der Waals surface area contributed by atoms with E-state index in [1.165, 1.54) is 35.6 Å². The molecule has 0 atom stereocenters. The first kappa shape index (κ1) is 14.4. The number of hydrogen-bond acceptors (Lipinski definition) is 5. The molecule has 4 N–H and O–H groups in total. The maximum atomic E-state index is 12.9. The number of benzene rings is 2. The smallest absolute Gasteiger partial charge is 0.255 e. The molecule has 0 unspecified atom stereocenters. The number of hydrogen-bond donors (Lipinski definition) is 3. The van der Waals surface area contributed by atoms with Gasteiger partial charge in [0.15, 0.2) is 5.13 Å². The number of rotatable bonds is 3. The van der Waals surface area contributed by atoms with E-state index in [1.807, 2.05) is 19.1 Å². The highest BCUT2D eigenvalue weighted by Gasteiger charge is 2.10. The van der Waals surface area contributed by atoms with E-state index in [0.29, 0.717) is 16.4 Å². The number of nitrogens with one attached hydrogen (secondary N) is 2. The standard InChI is InChI=1S/C15H13FN4OS/c1-8-6-11(7-12-13(8)19-15(20-17)22-12)18-14(21)9-2-4-10(16)5-3-9/h2-7H,17H2,1H3,(H,18,21)(H,19,20). The molecule has 1 amide bonds. The fraction of sp³-hybridized carbons (Fsp3) is 0.0667. The highest BCUT2D eigenvalue weighted by atomic mass is 32.1. The molecule has 0 spiro atoms. The molecule has 112 valence electrons. The number of nitrogens with two attached hydrogens (primary N) is 1. The molecule has 0 bridgehead atoms. The first-order valence-electron chi connectivity index (χ1n) is 6.51. The molecule has 0 aliphatic rings. The molecule has 7 heteroatoms. The number of anilines is 2. The topological polar surface area (TPSA) is 80.0 Å². The number of carbonyl (C=O) groups excluding carboxylic acids is 1. The van der Waals surface area contributed by atoms with Gasteiger partial charge in [-0.25, -0.2) is 15.2 Å². The zero-order valence-corrected chi connectivity index (χ0v) is 12.5. The molecule has 0 aliphatic heterocycles. The fourth-order valence-electron chi connectivity index (χ4n) is 2.14. The molecule has 0 saturated carbocycles. The Morgan fingerprint density at radius 1 is 1.27 bits per heavy atom. The number of hydrazine groups is 1. The molecular formula is C15H13FN4OS. The predicted molar refractivity (Wildman–Crippen MR) is 86.5 cm³/mol. The van der Waals surface area contributed by atoms with Crippen molar-refractivity contribution >= 4 is 38.3 Å². The van der Waals surface area contributed by atoms with E-state index in [0.717, 1.165) is 15.8 Å². The maximum Gasteiger partial charge on any atom is 0.255 e. The molecule has 1 aromatic heterocycles. The minimum Gasteiger partial charge on any atom is -0.322 e. The van der Waals surface area contributed by atoms with Crippen LogP contribution in [-0.4, -0.2) is 10.9 Å².